The molecule has 0 saturated carbocycles. The number of imide groups is 2. The predicted molar refractivity (Wildman–Crippen MR) is 87.6 cm³/mol. The van der Waals surface area contributed by atoms with Gasteiger partial charge in [0.05, 0.1) is 18.5 Å². The number of barbiturate groups is 1. The molecule has 2 aliphatic heterocycles. The van der Waals surface area contributed by atoms with Gasteiger partial charge in [-0.05, 0) is 17.7 Å². The molecular formula is C16H18N2O5S. The van der Waals surface area contributed by atoms with E-state index >= 15 is 0 Å². The lowest BCUT2D eigenvalue weighted by Gasteiger charge is -2.43. The minimum absolute atomic E-state index is 0.240. The van der Waals surface area contributed by atoms with Crippen LogP contribution in [0.1, 0.15) is 10.8 Å². The Balaban J connectivity index is 2.11. The number of hydrogen-bond donors (Lipinski definition) is 1. The van der Waals surface area contributed by atoms with Gasteiger partial charge in [-0.3, -0.25) is 19.4 Å². The Morgan fingerprint density at radius 1 is 1.12 bits per heavy atom. The Morgan fingerprint density at radius 2 is 1.67 bits per heavy atom. The zero-order chi connectivity index (χ0) is 17.6. The first kappa shape index (κ1) is 16.8. The third-order valence-electron chi connectivity index (χ3n) is 4.67. The molecule has 2 heterocycles. The van der Waals surface area contributed by atoms with Gasteiger partial charge in [0.2, 0.25) is 11.8 Å². The topological polar surface area (TPSA) is 87.2 Å². The minimum atomic E-state index is -1.68. The van der Waals surface area contributed by atoms with Crippen LogP contribution in [0.2, 0.25) is 0 Å². The maximum Gasteiger partial charge on any atom is 0.332 e. The molecule has 0 bridgehead atoms. The number of aliphatic hydroxyl groups is 1. The van der Waals surface area contributed by atoms with Gasteiger partial charge in [-0.25, -0.2) is 4.79 Å². The highest BCUT2D eigenvalue weighted by Crippen LogP contribution is 2.56. The first-order valence-electron chi connectivity index (χ1n) is 7.39. The molecule has 1 N–H and O–H groups in total. The van der Waals surface area contributed by atoms with Crippen LogP contribution in [-0.2, 0) is 9.59 Å². The van der Waals surface area contributed by atoms with Crippen LogP contribution in [0.5, 0.6) is 5.75 Å². The van der Waals surface area contributed by atoms with Crippen LogP contribution in [-0.4, -0.2) is 65.8 Å². The number of carbonyl (C=O) groups is 3. The summed E-state index contributed by atoms with van der Waals surface area (Å²) in [5.74, 6) is -0.422. The van der Waals surface area contributed by atoms with E-state index in [9.17, 15) is 19.5 Å². The zero-order valence-electron chi connectivity index (χ0n) is 13.6. The molecule has 24 heavy (non-hydrogen) atoms. The van der Waals surface area contributed by atoms with Crippen molar-refractivity contribution in [2.75, 3.05) is 27.0 Å². The van der Waals surface area contributed by atoms with Crippen LogP contribution in [0.3, 0.4) is 0 Å². The molecule has 2 unspecified atom stereocenters. The number of benzene rings is 1. The summed E-state index contributed by atoms with van der Waals surface area (Å²) in [5, 5.41) is 9.98. The number of carbonyl (C=O) groups excluding carboxylic acids is 3. The van der Waals surface area contributed by atoms with Crippen molar-refractivity contribution in [2.24, 2.45) is 5.41 Å². The Kier molecular flexibility index (Phi) is 4.05. The van der Waals surface area contributed by atoms with Gasteiger partial charge < -0.3 is 9.84 Å². The first-order valence-corrected chi connectivity index (χ1v) is 8.44. The normalized spacial score (nSPS) is 26.4. The van der Waals surface area contributed by atoms with Gasteiger partial charge in [-0.15, -0.1) is 11.8 Å². The molecule has 0 aliphatic carbocycles. The van der Waals surface area contributed by atoms with E-state index in [2.05, 4.69) is 0 Å². The van der Waals surface area contributed by atoms with Crippen molar-refractivity contribution in [3.8, 4) is 5.75 Å². The highest BCUT2D eigenvalue weighted by molar-refractivity contribution is 8.00. The zero-order valence-corrected chi connectivity index (χ0v) is 14.4. The summed E-state index contributed by atoms with van der Waals surface area (Å²) in [5.41, 5.74) is -0.952. The van der Waals surface area contributed by atoms with Crippen LogP contribution in [0.15, 0.2) is 24.3 Å². The van der Waals surface area contributed by atoms with Crippen LogP contribution < -0.4 is 4.74 Å². The molecule has 2 saturated heterocycles. The fourth-order valence-electron chi connectivity index (χ4n) is 3.32. The van der Waals surface area contributed by atoms with E-state index in [1.54, 1.807) is 31.4 Å². The number of rotatable bonds is 2. The average molecular weight is 350 g/mol. The van der Waals surface area contributed by atoms with E-state index in [0.717, 1.165) is 15.4 Å². The van der Waals surface area contributed by atoms with E-state index in [0.29, 0.717) is 5.75 Å². The molecule has 2 fully saturated rings. The minimum Gasteiger partial charge on any atom is -0.497 e. The van der Waals surface area contributed by atoms with Gasteiger partial charge in [-0.2, -0.15) is 0 Å². The smallest absolute Gasteiger partial charge is 0.332 e. The lowest BCUT2D eigenvalue weighted by Crippen LogP contribution is -2.67. The molecule has 128 valence electrons. The van der Waals surface area contributed by atoms with E-state index in [1.807, 2.05) is 0 Å². The van der Waals surface area contributed by atoms with Gasteiger partial charge in [0.25, 0.3) is 0 Å². The van der Waals surface area contributed by atoms with Crippen LogP contribution in [0.25, 0.3) is 0 Å². The third kappa shape index (κ3) is 2.06. The fraction of sp³-hybridized carbons (Fsp3) is 0.438. The quantitative estimate of drug-likeness (QED) is 0.797. The molecule has 1 aromatic carbocycles. The van der Waals surface area contributed by atoms with E-state index in [-0.39, 0.29) is 5.75 Å². The maximum atomic E-state index is 12.9. The van der Waals surface area contributed by atoms with Crippen molar-refractivity contribution in [1.29, 1.82) is 0 Å². The number of methoxy groups -OCH3 is 1. The number of thioether (sulfide) groups is 1. The largest absolute Gasteiger partial charge is 0.497 e. The summed E-state index contributed by atoms with van der Waals surface area (Å²) >= 11 is 1.34. The van der Waals surface area contributed by atoms with Gasteiger partial charge >= 0.3 is 6.03 Å². The third-order valence-corrected chi connectivity index (χ3v) is 6.15. The summed E-state index contributed by atoms with van der Waals surface area (Å²) in [7, 11) is 4.21. The average Bonchev–Trinajstić information content (AvgIpc) is 2.95. The lowest BCUT2D eigenvalue weighted by atomic mass is 9.73. The molecule has 8 heteroatoms. The van der Waals surface area contributed by atoms with Gasteiger partial charge in [0, 0.05) is 19.8 Å². The Hall–Kier alpha value is -2.06. The molecule has 1 aromatic rings. The van der Waals surface area contributed by atoms with Crippen molar-refractivity contribution in [3.05, 3.63) is 29.8 Å². The molecule has 2 atom stereocenters. The Morgan fingerprint density at radius 3 is 2.17 bits per heavy atom. The van der Waals surface area contributed by atoms with Gasteiger partial charge in [0.1, 0.15) is 5.75 Å². The monoisotopic (exact) mass is 350 g/mol. The van der Waals surface area contributed by atoms with Crippen molar-refractivity contribution in [1.82, 2.24) is 9.80 Å². The highest BCUT2D eigenvalue weighted by Gasteiger charge is 2.67. The predicted octanol–water partition coefficient (Wildman–Crippen LogP) is 0.881. The molecule has 4 amide bonds. The molecular weight excluding hydrogens is 332 g/mol. The van der Waals surface area contributed by atoms with E-state index in [4.69, 9.17) is 4.74 Å². The summed E-state index contributed by atoms with van der Waals surface area (Å²) < 4.78 is 5.13. The van der Waals surface area contributed by atoms with Crippen molar-refractivity contribution in [2.45, 2.75) is 11.4 Å². The Labute approximate surface area is 143 Å². The second-order valence-electron chi connectivity index (χ2n) is 5.88. The van der Waals surface area contributed by atoms with E-state index in [1.165, 1.54) is 25.9 Å². The van der Waals surface area contributed by atoms with Gasteiger partial charge in [-0.1, -0.05) is 12.1 Å². The molecule has 0 aromatic heterocycles. The maximum absolute atomic E-state index is 12.9. The molecule has 3 rings (SSSR count). The highest BCUT2D eigenvalue weighted by atomic mass is 32.2. The summed E-state index contributed by atoms with van der Waals surface area (Å²) in [4.78, 5) is 39.6. The lowest BCUT2D eigenvalue weighted by molar-refractivity contribution is -0.163. The second-order valence-corrected chi connectivity index (χ2v) is 7.02. The van der Waals surface area contributed by atoms with E-state index < -0.39 is 34.6 Å². The molecule has 0 radical (unpaired) electrons. The van der Waals surface area contributed by atoms with Crippen molar-refractivity contribution in [3.63, 3.8) is 0 Å². The SMILES string of the molecule is COc1ccc(C2SCC(O)C23C(=O)N(C)C(=O)N(C)C3=O)cc1. The van der Waals surface area contributed by atoms with Gasteiger partial charge in [0.15, 0.2) is 5.41 Å². The second kappa shape index (κ2) is 5.78. The summed E-state index contributed by atoms with van der Waals surface area (Å²) in [6.45, 7) is 0. The molecule has 7 nitrogen and oxygen atoms in total. The summed E-state index contributed by atoms with van der Waals surface area (Å²) in [6.07, 6.45) is -1.16. The Bertz CT molecular complexity index is 681. The number of aliphatic hydroxyl groups excluding tert-OH is 1. The molecule has 2 aliphatic rings. The standard InChI is InChI=1S/C16H18N2O5S/c1-17-13(20)16(14(21)18(2)15(17)22)11(19)8-24-12(16)9-4-6-10(23-3)7-5-9/h4-7,11-12,19H,8H2,1-3H3. The number of nitrogens with zero attached hydrogens (tertiary/aromatic N) is 2. The number of urea groups is 1. The van der Waals surface area contributed by atoms with Crippen molar-refractivity contribution >= 4 is 29.6 Å². The number of hydrogen-bond acceptors (Lipinski definition) is 6. The van der Waals surface area contributed by atoms with Crippen LogP contribution in [0, 0.1) is 5.41 Å². The number of ether oxygens (including phenoxy) is 1. The van der Waals surface area contributed by atoms with Crippen LogP contribution in [0.4, 0.5) is 4.79 Å². The van der Waals surface area contributed by atoms with Crippen LogP contribution >= 0.6 is 11.8 Å². The summed E-state index contributed by atoms with van der Waals surface area (Å²) in [6, 6.07) is 6.34. The fourth-order valence-corrected chi connectivity index (χ4v) is 4.93. The van der Waals surface area contributed by atoms with Crippen molar-refractivity contribution < 1.29 is 24.2 Å². The molecule has 1 spiro atoms. The first-order chi connectivity index (χ1) is 11.4. The number of amides is 4.